The molecule has 0 saturated heterocycles. The molecule has 2 aromatic rings. The highest BCUT2D eigenvalue weighted by Crippen LogP contribution is 2.32. The molecule has 3 rings (SSSR count). The third-order valence-corrected chi connectivity index (χ3v) is 6.22. The zero-order chi connectivity index (χ0) is 21.8. The minimum atomic E-state index is -0.247. The van der Waals surface area contributed by atoms with Gasteiger partial charge in [-0.1, -0.05) is 6.07 Å². The molecule has 1 heterocycles. The Morgan fingerprint density at radius 1 is 1.00 bits per heavy atom. The first kappa shape index (κ1) is 22.1. The quantitative estimate of drug-likeness (QED) is 0.654. The summed E-state index contributed by atoms with van der Waals surface area (Å²) >= 11 is 0. The van der Waals surface area contributed by atoms with Gasteiger partial charge in [0.1, 0.15) is 0 Å². The number of esters is 1. The minimum absolute atomic E-state index is 0.0732. The van der Waals surface area contributed by atoms with Gasteiger partial charge in [0.05, 0.1) is 12.2 Å². The molecule has 0 unspecified atom stereocenters. The van der Waals surface area contributed by atoms with E-state index in [-0.39, 0.29) is 17.8 Å². The number of anilines is 1. The van der Waals surface area contributed by atoms with E-state index in [1.807, 2.05) is 52.8 Å². The van der Waals surface area contributed by atoms with E-state index in [9.17, 15) is 9.59 Å². The van der Waals surface area contributed by atoms with Gasteiger partial charge in [0.2, 0.25) is 5.91 Å². The number of carbonyl (C=O) groups is 2. The molecule has 0 atom stereocenters. The number of aryl methyl sites for hydroxylation is 3. The van der Waals surface area contributed by atoms with Gasteiger partial charge in [-0.15, -0.1) is 0 Å². The summed E-state index contributed by atoms with van der Waals surface area (Å²) in [4.78, 5) is 24.9. The van der Waals surface area contributed by atoms with Crippen molar-refractivity contribution in [1.29, 1.82) is 0 Å². The Hall–Kier alpha value is -2.56. The van der Waals surface area contributed by atoms with Crippen LogP contribution in [0.5, 0.6) is 0 Å². The van der Waals surface area contributed by atoms with Gasteiger partial charge in [-0.25, -0.2) is 4.79 Å². The monoisotopic (exact) mass is 410 g/mol. The molecule has 162 valence electrons. The maximum Gasteiger partial charge on any atom is 0.339 e. The molecule has 0 bridgehead atoms. The highest BCUT2D eigenvalue weighted by molar-refractivity contribution is 5.93. The van der Waals surface area contributed by atoms with Crippen LogP contribution in [-0.2, 0) is 16.1 Å². The van der Waals surface area contributed by atoms with E-state index in [1.165, 1.54) is 0 Å². The van der Waals surface area contributed by atoms with Crippen molar-refractivity contribution < 1.29 is 14.3 Å². The standard InChI is InChI=1S/C25H34N2O3/c1-6-30-25(29)23-14-18(4)27(19(23)5)15-20-7-9-21(10-8-20)24(28)26-22-12-16(2)11-17(3)13-22/h11-14,20-21H,6-10,15H2,1-5H3,(H,26,28). The van der Waals surface area contributed by atoms with Crippen molar-refractivity contribution in [3.63, 3.8) is 0 Å². The fourth-order valence-electron chi connectivity index (χ4n) is 4.65. The first-order valence-corrected chi connectivity index (χ1v) is 11.0. The van der Waals surface area contributed by atoms with Gasteiger partial charge in [-0.3, -0.25) is 4.79 Å². The highest BCUT2D eigenvalue weighted by atomic mass is 16.5. The largest absolute Gasteiger partial charge is 0.462 e. The van der Waals surface area contributed by atoms with Crippen LogP contribution in [0.2, 0.25) is 0 Å². The maximum absolute atomic E-state index is 12.7. The molecule has 0 spiro atoms. The lowest BCUT2D eigenvalue weighted by molar-refractivity contribution is -0.121. The molecule has 1 aromatic heterocycles. The lowest BCUT2D eigenvalue weighted by atomic mass is 9.81. The Morgan fingerprint density at radius 3 is 2.23 bits per heavy atom. The molecular weight excluding hydrogens is 376 g/mol. The molecular formula is C25H34N2O3. The summed E-state index contributed by atoms with van der Waals surface area (Å²) < 4.78 is 7.40. The average Bonchev–Trinajstić information content (AvgIpc) is 2.96. The molecule has 1 aromatic carbocycles. The summed E-state index contributed by atoms with van der Waals surface area (Å²) in [6.45, 7) is 11.2. The summed E-state index contributed by atoms with van der Waals surface area (Å²) in [5.41, 5.74) is 5.94. The highest BCUT2D eigenvalue weighted by Gasteiger charge is 2.27. The fraction of sp³-hybridized carbons (Fsp3) is 0.520. The second-order valence-electron chi connectivity index (χ2n) is 8.70. The first-order chi connectivity index (χ1) is 14.3. The summed E-state index contributed by atoms with van der Waals surface area (Å²) in [5.74, 6) is 0.485. The Kier molecular flexibility index (Phi) is 7.01. The van der Waals surface area contributed by atoms with Crippen LogP contribution < -0.4 is 5.32 Å². The molecule has 1 N–H and O–H groups in total. The van der Waals surface area contributed by atoms with Crippen molar-refractivity contribution in [2.45, 2.75) is 66.8 Å². The van der Waals surface area contributed by atoms with Crippen LogP contribution in [0, 0.1) is 39.5 Å². The van der Waals surface area contributed by atoms with E-state index in [1.54, 1.807) is 0 Å². The number of nitrogens with one attached hydrogen (secondary N) is 1. The molecule has 1 saturated carbocycles. The minimum Gasteiger partial charge on any atom is -0.462 e. The number of carbonyl (C=O) groups excluding carboxylic acids is 2. The van der Waals surface area contributed by atoms with E-state index in [4.69, 9.17) is 4.74 Å². The number of rotatable bonds is 6. The topological polar surface area (TPSA) is 60.3 Å². The third-order valence-electron chi connectivity index (χ3n) is 6.22. The maximum atomic E-state index is 12.7. The molecule has 5 nitrogen and oxygen atoms in total. The van der Waals surface area contributed by atoms with Crippen LogP contribution in [0.4, 0.5) is 5.69 Å². The third kappa shape index (κ3) is 5.13. The number of hydrogen-bond acceptors (Lipinski definition) is 3. The number of ether oxygens (including phenoxy) is 1. The number of benzene rings is 1. The van der Waals surface area contributed by atoms with Gasteiger partial charge in [-0.05, 0) is 95.5 Å². The van der Waals surface area contributed by atoms with E-state index in [2.05, 4.69) is 16.0 Å². The van der Waals surface area contributed by atoms with E-state index >= 15 is 0 Å². The Labute approximate surface area is 179 Å². The molecule has 0 aliphatic heterocycles. The van der Waals surface area contributed by atoms with Crippen molar-refractivity contribution in [3.05, 3.63) is 52.3 Å². The normalized spacial score (nSPS) is 18.8. The van der Waals surface area contributed by atoms with Crippen LogP contribution >= 0.6 is 0 Å². The Balaban J connectivity index is 1.57. The summed E-state index contributed by atoms with van der Waals surface area (Å²) in [7, 11) is 0. The van der Waals surface area contributed by atoms with Gasteiger partial charge in [-0.2, -0.15) is 0 Å². The predicted molar refractivity (Wildman–Crippen MR) is 120 cm³/mol. The molecule has 1 aliphatic carbocycles. The molecule has 1 aliphatic rings. The van der Waals surface area contributed by atoms with Crippen molar-refractivity contribution in [1.82, 2.24) is 4.57 Å². The van der Waals surface area contributed by atoms with Crippen molar-refractivity contribution in [2.24, 2.45) is 11.8 Å². The molecule has 1 amide bonds. The average molecular weight is 411 g/mol. The van der Waals surface area contributed by atoms with Crippen LogP contribution in [0.1, 0.15) is 65.5 Å². The van der Waals surface area contributed by atoms with Crippen LogP contribution in [0.3, 0.4) is 0 Å². The number of hydrogen-bond donors (Lipinski definition) is 1. The summed E-state index contributed by atoms with van der Waals surface area (Å²) in [5, 5.41) is 3.11. The second-order valence-corrected chi connectivity index (χ2v) is 8.70. The van der Waals surface area contributed by atoms with Gasteiger partial charge in [0.25, 0.3) is 0 Å². The summed E-state index contributed by atoms with van der Waals surface area (Å²) in [6, 6.07) is 8.08. The number of aromatic nitrogens is 1. The fourth-order valence-corrected chi connectivity index (χ4v) is 4.65. The lowest BCUT2D eigenvalue weighted by Crippen LogP contribution is -2.28. The van der Waals surface area contributed by atoms with Gasteiger partial charge < -0.3 is 14.6 Å². The van der Waals surface area contributed by atoms with Crippen molar-refractivity contribution >= 4 is 17.6 Å². The number of amides is 1. The first-order valence-electron chi connectivity index (χ1n) is 11.0. The Bertz CT molecular complexity index is 900. The zero-order valence-electron chi connectivity index (χ0n) is 18.9. The van der Waals surface area contributed by atoms with Gasteiger partial charge in [0, 0.05) is 29.5 Å². The molecule has 0 radical (unpaired) electrons. The number of nitrogens with zero attached hydrogens (tertiary/aromatic N) is 1. The van der Waals surface area contributed by atoms with Crippen molar-refractivity contribution in [2.75, 3.05) is 11.9 Å². The molecule has 30 heavy (non-hydrogen) atoms. The summed E-state index contributed by atoms with van der Waals surface area (Å²) in [6.07, 6.45) is 3.87. The van der Waals surface area contributed by atoms with E-state index < -0.39 is 0 Å². The Morgan fingerprint density at radius 2 is 1.63 bits per heavy atom. The zero-order valence-corrected chi connectivity index (χ0v) is 18.9. The molecule has 1 fully saturated rings. The second kappa shape index (κ2) is 9.50. The van der Waals surface area contributed by atoms with Crippen molar-refractivity contribution in [3.8, 4) is 0 Å². The van der Waals surface area contributed by atoms with Gasteiger partial charge >= 0.3 is 5.97 Å². The molecule has 5 heteroatoms. The predicted octanol–water partition coefficient (Wildman–Crippen LogP) is 5.34. The van der Waals surface area contributed by atoms with Crippen LogP contribution in [-0.4, -0.2) is 23.1 Å². The van der Waals surface area contributed by atoms with E-state index in [0.717, 1.165) is 60.4 Å². The van der Waals surface area contributed by atoms with E-state index in [0.29, 0.717) is 18.1 Å². The van der Waals surface area contributed by atoms with Gasteiger partial charge in [0.15, 0.2) is 0 Å². The smallest absolute Gasteiger partial charge is 0.339 e. The SMILES string of the molecule is CCOC(=O)c1cc(C)n(CC2CCC(C(=O)Nc3cc(C)cc(C)c3)CC2)c1C. The van der Waals surface area contributed by atoms with Crippen LogP contribution in [0.15, 0.2) is 24.3 Å². The van der Waals surface area contributed by atoms with Crippen LogP contribution in [0.25, 0.3) is 0 Å². The lowest BCUT2D eigenvalue weighted by Gasteiger charge is -2.29.